The third kappa shape index (κ3) is 3.84. The van der Waals surface area contributed by atoms with Crippen LogP contribution in [0.25, 0.3) is 0 Å². The molecule has 0 radical (unpaired) electrons. The average molecular weight is 324 g/mol. The second kappa shape index (κ2) is 6.60. The first-order valence-corrected chi connectivity index (χ1v) is 9.12. The summed E-state index contributed by atoms with van der Waals surface area (Å²) < 4.78 is 27.6. The Morgan fingerprint density at radius 1 is 1.19 bits per heavy atom. The maximum absolute atomic E-state index is 12.5. The van der Waals surface area contributed by atoms with Gasteiger partial charge in [0.25, 0.3) is 10.0 Å². The van der Waals surface area contributed by atoms with Gasteiger partial charge in [-0.2, -0.15) is 0 Å². The lowest BCUT2D eigenvalue weighted by molar-refractivity contribution is 0.601. The monoisotopic (exact) mass is 324 g/mol. The molecule has 0 amide bonds. The van der Waals surface area contributed by atoms with E-state index in [0.29, 0.717) is 17.1 Å². The molecule has 4 nitrogen and oxygen atoms in total. The van der Waals surface area contributed by atoms with Gasteiger partial charge in [-0.1, -0.05) is 19.1 Å². The van der Waals surface area contributed by atoms with Crippen LogP contribution in [-0.2, 0) is 23.0 Å². The Balaban J connectivity index is 2.24. The fourth-order valence-electron chi connectivity index (χ4n) is 2.07. The van der Waals surface area contributed by atoms with Crippen molar-refractivity contribution in [3.63, 3.8) is 0 Å². The van der Waals surface area contributed by atoms with Gasteiger partial charge in [-0.05, 0) is 44.2 Å². The second-order valence-electron chi connectivity index (χ2n) is 4.82. The zero-order valence-electron chi connectivity index (χ0n) is 12.4. The summed E-state index contributed by atoms with van der Waals surface area (Å²) in [5.74, 6) is 0. The summed E-state index contributed by atoms with van der Waals surface area (Å²) in [4.78, 5) is 2.17. The maximum Gasteiger partial charge on any atom is 0.263 e. The molecule has 1 aromatic heterocycles. The van der Waals surface area contributed by atoms with Crippen LogP contribution in [0.4, 0.5) is 5.69 Å². The van der Waals surface area contributed by atoms with E-state index in [1.165, 1.54) is 16.9 Å². The minimum absolute atomic E-state index is 0.359. The summed E-state index contributed by atoms with van der Waals surface area (Å²) >= 11 is 1.50. The number of hydrogen-bond donors (Lipinski definition) is 2. The largest absolute Gasteiger partial charge is 0.315 e. The van der Waals surface area contributed by atoms with Crippen LogP contribution in [-0.4, -0.2) is 15.5 Å². The maximum atomic E-state index is 12.5. The van der Waals surface area contributed by atoms with Crippen molar-refractivity contribution >= 4 is 27.0 Å². The van der Waals surface area contributed by atoms with Crippen LogP contribution >= 0.6 is 11.3 Å². The van der Waals surface area contributed by atoms with E-state index in [1.807, 2.05) is 26.1 Å². The molecule has 0 aliphatic carbocycles. The van der Waals surface area contributed by atoms with E-state index in [9.17, 15) is 8.42 Å². The molecule has 21 heavy (non-hydrogen) atoms. The van der Waals surface area contributed by atoms with E-state index < -0.39 is 10.0 Å². The lowest BCUT2D eigenvalue weighted by Gasteiger charge is -2.08. The zero-order chi connectivity index (χ0) is 15.5. The van der Waals surface area contributed by atoms with Crippen molar-refractivity contribution in [3.8, 4) is 0 Å². The minimum atomic E-state index is -3.53. The van der Waals surface area contributed by atoms with Crippen molar-refractivity contribution in [2.24, 2.45) is 0 Å². The van der Waals surface area contributed by atoms with E-state index in [4.69, 9.17) is 0 Å². The molecule has 1 heterocycles. The molecule has 2 rings (SSSR count). The highest BCUT2D eigenvalue weighted by Gasteiger charge is 2.19. The van der Waals surface area contributed by atoms with E-state index >= 15 is 0 Å². The molecule has 0 bridgehead atoms. The molecule has 0 fully saturated rings. The van der Waals surface area contributed by atoms with Crippen LogP contribution in [0.2, 0.25) is 0 Å². The molecule has 6 heteroatoms. The van der Waals surface area contributed by atoms with Gasteiger partial charge in [0.05, 0.1) is 0 Å². The van der Waals surface area contributed by atoms with Gasteiger partial charge in [0.1, 0.15) is 4.90 Å². The van der Waals surface area contributed by atoms with E-state index in [2.05, 4.69) is 17.0 Å². The van der Waals surface area contributed by atoms with Gasteiger partial charge in [-0.15, -0.1) is 11.3 Å². The summed E-state index contributed by atoms with van der Waals surface area (Å²) in [7, 11) is -1.68. The number of benzene rings is 1. The smallest absolute Gasteiger partial charge is 0.263 e. The second-order valence-corrected chi connectivity index (χ2v) is 7.81. The van der Waals surface area contributed by atoms with E-state index in [1.54, 1.807) is 18.2 Å². The Kier molecular flexibility index (Phi) is 5.03. The van der Waals surface area contributed by atoms with Crippen molar-refractivity contribution in [1.29, 1.82) is 0 Å². The molecule has 114 valence electrons. The third-order valence-electron chi connectivity index (χ3n) is 3.18. The summed E-state index contributed by atoms with van der Waals surface area (Å²) in [6.45, 7) is 4.57. The number of sulfonamides is 1. The molecule has 0 saturated heterocycles. The number of rotatable bonds is 6. The highest BCUT2D eigenvalue weighted by Crippen LogP contribution is 2.27. The van der Waals surface area contributed by atoms with Crippen LogP contribution in [0.5, 0.6) is 0 Å². The predicted octanol–water partition coefficient (Wildman–Crippen LogP) is 3.14. The fourth-order valence-corrected chi connectivity index (χ4v) is 4.78. The van der Waals surface area contributed by atoms with Crippen molar-refractivity contribution in [1.82, 2.24) is 5.32 Å². The summed E-state index contributed by atoms with van der Waals surface area (Å²) in [5.41, 5.74) is 1.77. The first-order chi connectivity index (χ1) is 9.96. The molecular weight excluding hydrogens is 304 g/mol. The Morgan fingerprint density at radius 2 is 1.86 bits per heavy atom. The predicted molar refractivity (Wildman–Crippen MR) is 88.4 cm³/mol. The summed E-state index contributed by atoms with van der Waals surface area (Å²) in [6, 6.07) is 9.20. The summed E-state index contributed by atoms with van der Waals surface area (Å²) in [6.07, 6.45) is 0.935. The first kappa shape index (κ1) is 16.0. The van der Waals surface area contributed by atoms with E-state index in [0.717, 1.165) is 16.2 Å². The molecule has 2 aromatic rings. The highest BCUT2D eigenvalue weighted by molar-refractivity contribution is 7.93. The molecule has 0 unspecified atom stereocenters. The Hall–Kier alpha value is -1.37. The molecule has 1 aromatic carbocycles. The average Bonchev–Trinajstić information content (AvgIpc) is 2.81. The van der Waals surface area contributed by atoms with Crippen LogP contribution in [0.15, 0.2) is 35.2 Å². The normalized spacial score (nSPS) is 11.6. The molecule has 0 spiro atoms. The SMILES string of the molecule is CCc1ccc(NS(=O)(=O)c2cc(CNC)sc2C)cc1. The molecule has 0 atom stereocenters. The number of hydrogen-bond acceptors (Lipinski definition) is 4. The molecule has 0 aliphatic heterocycles. The van der Waals surface area contributed by atoms with Crippen molar-refractivity contribution in [2.75, 3.05) is 11.8 Å². The molecule has 0 aliphatic rings. The van der Waals surface area contributed by atoms with Gasteiger partial charge in [0.2, 0.25) is 0 Å². The van der Waals surface area contributed by atoms with Gasteiger partial charge in [0, 0.05) is 22.0 Å². The fraction of sp³-hybridized carbons (Fsp3) is 0.333. The van der Waals surface area contributed by atoms with Gasteiger partial charge in [-0.3, -0.25) is 4.72 Å². The van der Waals surface area contributed by atoms with Gasteiger partial charge < -0.3 is 5.32 Å². The van der Waals surface area contributed by atoms with Crippen LogP contribution < -0.4 is 10.0 Å². The van der Waals surface area contributed by atoms with Crippen molar-refractivity contribution in [3.05, 3.63) is 45.6 Å². The standard InChI is InChI=1S/C15H20N2O2S2/c1-4-12-5-7-13(8-6-12)17-21(18,19)15-9-14(10-16-3)20-11(15)2/h5-9,16-17H,4,10H2,1-3H3. The quantitative estimate of drug-likeness (QED) is 0.858. The Bertz CT molecular complexity index is 704. The third-order valence-corrected chi connectivity index (χ3v) is 5.87. The first-order valence-electron chi connectivity index (χ1n) is 6.82. The number of nitrogens with one attached hydrogen (secondary N) is 2. The molecule has 0 saturated carbocycles. The Labute approximate surface area is 130 Å². The van der Waals surface area contributed by atoms with Crippen molar-refractivity contribution < 1.29 is 8.42 Å². The topological polar surface area (TPSA) is 58.2 Å². The number of anilines is 1. The van der Waals surface area contributed by atoms with Gasteiger partial charge >= 0.3 is 0 Å². The van der Waals surface area contributed by atoms with Gasteiger partial charge in [-0.25, -0.2) is 8.42 Å². The van der Waals surface area contributed by atoms with E-state index in [-0.39, 0.29) is 0 Å². The zero-order valence-corrected chi connectivity index (χ0v) is 14.1. The number of aryl methyl sites for hydroxylation is 2. The minimum Gasteiger partial charge on any atom is -0.315 e. The number of thiophene rings is 1. The van der Waals surface area contributed by atoms with Gasteiger partial charge in [0.15, 0.2) is 0 Å². The lowest BCUT2D eigenvalue weighted by atomic mass is 10.2. The summed E-state index contributed by atoms with van der Waals surface area (Å²) in [5, 5.41) is 3.03. The lowest BCUT2D eigenvalue weighted by Crippen LogP contribution is -2.13. The highest BCUT2D eigenvalue weighted by atomic mass is 32.2. The van der Waals surface area contributed by atoms with Crippen molar-refractivity contribution in [2.45, 2.75) is 31.7 Å². The Morgan fingerprint density at radius 3 is 2.43 bits per heavy atom. The molecule has 2 N–H and O–H groups in total. The van der Waals surface area contributed by atoms with Crippen LogP contribution in [0, 0.1) is 6.92 Å². The van der Waals surface area contributed by atoms with Crippen LogP contribution in [0.1, 0.15) is 22.2 Å². The van der Waals surface area contributed by atoms with Crippen LogP contribution in [0.3, 0.4) is 0 Å². The molecular formula is C15H20N2O2S2.